The number of nitrogens with one attached hydrogen (secondary N) is 1. The average Bonchev–Trinajstić information content (AvgIpc) is 3.11. The molecule has 1 aliphatic heterocycles. The molecule has 0 aliphatic carbocycles. The number of nitro groups is 1. The maximum atomic E-state index is 12.5. The number of thiocarbonyl (C=S) groups is 1. The van der Waals surface area contributed by atoms with Crippen molar-refractivity contribution in [1.82, 2.24) is 14.8 Å². The van der Waals surface area contributed by atoms with Gasteiger partial charge in [0.1, 0.15) is 5.57 Å². The standard InChI is InChI=1S/C18H14N4O4S/c1-2-8-21-17(24)15(16(23)19-18(21)27)10-12-7-9-20(11-12)13-3-5-14(6-4-13)22(25)26/h2-7,9-11H,1,8H2,(H,19,23,27)/b15-10+. The molecule has 1 N–H and O–H groups in total. The van der Waals surface area contributed by atoms with Gasteiger partial charge in [0.2, 0.25) is 0 Å². The second-order valence-electron chi connectivity index (χ2n) is 5.65. The zero-order valence-corrected chi connectivity index (χ0v) is 14.8. The fourth-order valence-electron chi connectivity index (χ4n) is 2.56. The van der Waals surface area contributed by atoms with E-state index in [4.69, 9.17) is 12.2 Å². The van der Waals surface area contributed by atoms with Crippen LogP contribution in [0, 0.1) is 10.1 Å². The second-order valence-corrected chi connectivity index (χ2v) is 6.03. The molecule has 27 heavy (non-hydrogen) atoms. The maximum absolute atomic E-state index is 12.5. The first-order valence-electron chi connectivity index (χ1n) is 7.83. The summed E-state index contributed by atoms with van der Waals surface area (Å²) in [5.41, 5.74) is 1.29. The Bertz CT molecular complexity index is 991. The van der Waals surface area contributed by atoms with Crippen LogP contribution in [0.1, 0.15) is 5.56 Å². The highest BCUT2D eigenvalue weighted by molar-refractivity contribution is 7.80. The Morgan fingerprint density at radius 1 is 1.22 bits per heavy atom. The molecule has 2 amide bonds. The zero-order chi connectivity index (χ0) is 19.6. The molecule has 0 bridgehead atoms. The summed E-state index contributed by atoms with van der Waals surface area (Å²) in [6.45, 7) is 3.77. The molecular weight excluding hydrogens is 368 g/mol. The molecule has 1 aliphatic rings. The van der Waals surface area contributed by atoms with E-state index >= 15 is 0 Å². The summed E-state index contributed by atoms with van der Waals surface area (Å²) in [5.74, 6) is -1.06. The Labute approximate surface area is 159 Å². The topological polar surface area (TPSA) is 97.5 Å². The molecule has 3 rings (SSSR count). The molecule has 1 saturated heterocycles. The van der Waals surface area contributed by atoms with Crippen molar-refractivity contribution >= 4 is 40.9 Å². The Morgan fingerprint density at radius 2 is 1.93 bits per heavy atom. The highest BCUT2D eigenvalue weighted by Gasteiger charge is 2.32. The normalized spacial score (nSPS) is 15.8. The minimum Gasteiger partial charge on any atom is -0.323 e. The lowest BCUT2D eigenvalue weighted by molar-refractivity contribution is -0.384. The van der Waals surface area contributed by atoms with E-state index < -0.39 is 16.7 Å². The highest BCUT2D eigenvalue weighted by Crippen LogP contribution is 2.19. The van der Waals surface area contributed by atoms with Gasteiger partial charge in [-0.2, -0.15) is 0 Å². The molecule has 0 radical (unpaired) electrons. The van der Waals surface area contributed by atoms with Crippen LogP contribution in [0.2, 0.25) is 0 Å². The number of aromatic nitrogens is 1. The quantitative estimate of drug-likeness (QED) is 0.214. The molecular formula is C18H14N4O4S. The number of nitrogens with zero attached hydrogens (tertiary/aromatic N) is 3. The van der Waals surface area contributed by atoms with E-state index in [1.54, 1.807) is 35.2 Å². The van der Waals surface area contributed by atoms with Gasteiger partial charge in [-0.15, -0.1) is 6.58 Å². The molecule has 1 fully saturated rings. The number of rotatable bonds is 5. The summed E-state index contributed by atoms with van der Waals surface area (Å²) in [7, 11) is 0. The molecule has 2 aromatic rings. The van der Waals surface area contributed by atoms with Crippen LogP contribution in [0.25, 0.3) is 11.8 Å². The predicted molar refractivity (Wildman–Crippen MR) is 103 cm³/mol. The van der Waals surface area contributed by atoms with Crippen LogP contribution in [-0.2, 0) is 9.59 Å². The van der Waals surface area contributed by atoms with Crippen molar-refractivity contribution in [3.63, 3.8) is 0 Å². The van der Waals surface area contributed by atoms with Gasteiger partial charge < -0.3 is 4.57 Å². The van der Waals surface area contributed by atoms with Crippen molar-refractivity contribution in [2.24, 2.45) is 0 Å². The average molecular weight is 382 g/mol. The Kier molecular flexibility index (Phi) is 4.95. The van der Waals surface area contributed by atoms with Crippen molar-refractivity contribution in [3.05, 3.63) is 76.6 Å². The van der Waals surface area contributed by atoms with Crippen molar-refractivity contribution < 1.29 is 14.5 Å². The largest absolute Gasteiger partial charge is 0.323 e. The third-order valence-corrected chi connectivity index (χ3v) is 4.21. The minimum absolute atomic E-state index is 0.00370. The number of hydrogen-bond donors (Lipinski definition) is 1. The summed E-state index contributed by atoms with van der Waals surface area (Å²) in [5, 5.41) is 13.3. The number of carbonyl (C=O) groups is 2. The van der Waals surface area contributed by atoms with Crippen molar-refractivity contribution in [2.45, 2.75) is 0 Å². The predicted octanol–water partition coefficient (Wildman–Crippen LogP) is 2.20. The Hall–Kier alpha value is -3.59. The van der Waals surface area contributed by atoms with Crippen LogP contribution in [0.4, 0.5) is 5.69 Å². The van der Waals surface area contributed by atoms with Gasteiger partial charge in [-0.05, 0) is 42.1 Å². The van der Waals surface area contributed by atoms with Crippen LogP contribution in [-0.4, -0.2) is 37.9 Å². The van der Waals surface area contributed by atoms with Crippen LogP contribution < -0.4 is 5.32 Å². The number of non-ortho nitro benzene ring substituents is 1. The Balaban J connectivity index is 1.88. The monoisotopic (exact) mass is 382 g/mol. The lowest BCUT2D eigenvalue weighted by Crippen LogP contribution is -2.53. The third kappa shape index (κ3) is 3.67. The van der Waals surface area contributed by atoms with E-state index in [9.17, 15) is 19.7 Å². The van der Waals surface area contributed by atoms with Gasteiger partial charge in [-0.3, -0.25) is 29.9 Å². The summed E-state index contributed by atoms with van der Waals surface area (Å²) >= 11 is 5.01. The molecule has 2 heterocycles. The number of hydrogen-bond acceptors (Lipinski definition) is 5. The summed E-state index contributed by atoms with van der Waals surface area (Å²) in [6.07, 6.45) is 6.42. The fraction of sp³-hybridized carbons (Fsp3) is 0.0556. The van der Waals surface area contributed by atoms with E-state index in [-0.39, 0.29) is 22.9 Å². The zero-order valence-electron chi connectivity index (χ0n) is 14.0. The second kappa shape index (κ2) is 7.34. The van der Waals surface area contributed by atoms with E-state index in [1.165, 1.54) is 29.2 Å². The molecule has 1 aromatic heterocycles. The summed E-state index contributed by atoms with van der Waals surface area (Å²) < 4.78 is 1.73. The fourth-order valence-corrected chi connectivity index (χ4v) is 2.81. The lowest BCUT2D eigenvalue weighted by atomic mass is 10.1. The SMILES string of the molecule is C=CCN1C(=O)/C(=C/c2ccn(-c3ccc([N+](=O)[O-])cc3)c2)C(=O)NC1=S. The van der Waals surface area contributed by atoms with E-state index in [1.807, 2.05) is 0 Å². The van der Waals surface area contributed by atoms with Crippen LogP contribution in [0.5, 0.6) is 0 Å². The molecule has 1 aromatic carbocycles. The molecule has 8 nitrogen and oxygen atoms in total. The van der Waals surface area contributed by atoms with Crippen LogP contribution in [0.15, 0.2) is 61.0 Å². The summed E-state index contributed by atoms with van der Waals surface area (Å²) in [4.78, 5) is 36.2. The third-order valence-electron chi connectivity index (χ3n) is 3.88. The molecule has 0 spiro atoms. The number of nitro benzene ring substituents is 1. The van der Waals surface area contributed by atoms with Crippen molar-refractivity contribution in [1.29, 1.82) is 0 Å². The maximum Gasteiger partial charge on any atom is 0.269 e. The van der Waals surface area contributed by atoms with Gasteiger partial charge >= 0.3 is 0 Å². The van der Waals surface area contributed by atoms with Gasteiger partial charge in [0.05, 0.1) is 4.92 Å². The van der Waals surface area contributed by atoms with Crippen molar-refractivity contribution in [2.75, 3.05) is 6.54 Å². The number of benzene rings is 1. The summed E-state index contributed by atoms with van der Waals surface area (Å²) in [6, 6.07) is 7.74. The first kappa shape index (κ1) is 18.2. The smallest absolute Gasteiger partial charge is 0.269 e. The van der Waals surface area contributed by atoms with Gasteiger partial charge in [-0.1, -0.05) is 6.08 Å². The number of carbonyl (C=O) groups excluding carboxylic acids is 2. The van der Waals surface area contributed by atoms with E-state index in [2.05, 4.69) is 11.9 Å². The van der Waals surface area contributed by atoms with Gasteiger partial charge in [0, 0.05) is 36.8 Å². The molecule has 0 unspecified atom stereocenters. The van der Waals surface area contributed by atoms with E-state index in [0.29, 0.717) is 11.3 Å². The molecule has 0 atom stereocenters. The van der Waals surface area contributed by atoms with Crippen molar-refractivity contribution in [3.8, 4) is 5.69 Å². The number of amides is 2. The minimum atomic E-state index is -0.562. The van der Waals surface area contributed by atoms with Gasteiger partial charge in [-0.25, -0.2) is 0 Å². The van der Waals surface area contributed by atoms with E-state index in [0.717, 1.165) is 0 Å². The van der Waals surface area contributed by atoms with Crippen LogP contribution in [0.3, 0.4) is 0 Å². The molecule has 0 saturated carbocycles. The lowest BCUT2D eigenvalue weighted by Gasteiger charge is -2.27. The molecule has 9 heteroatoms. The Morgan fingerprint density at radius 3 is 2.56 bits per heavy atom. The highest BCUT2D eigenvalue weighted by atomic mass is 32.1. The van der Waals surface area contributed by atoms with Gasteiger partial charge in [0.25, 0.3) is 17.5 Å². The van der Waals surface area contributed by atoms with Gasteiger partial charge in [0.15, 0.2) is 5.11 Å². The molecule has 136 valence electrons. The first-order chi connectivity index (χ1) is 12.9. The first-order valence-corrected chi connectivity index (χ1v) is 8.24. The van der Waals surface area contributed by atoms with Crippen LogP contribution >= 0.6 is 12.2 Å².